The van der Waals surface area contributed by atoms with Crippen molar-refractivity contribution in [2.75, 3.05) is 18.0 Å². The number of hydrogen-bond acceptors (Lipinski definition) is 4. The molecule has 0 aliphatic carbocycles. The van der Waals surface area contributed by atoms with Gasteiger partial charge < -0.3 is 9.88 Å². The third-order valence-corrected chi connectivity index (χ3v) is 6.26. The van der Waals surface area contributed by atoms with E-state index < -0.39 is 10.8 Å². The molecule has 1 aliphatic heterocycles. The van der Waals surface area contributed by atoms with E-state index in [2.05, 4.69) is 33.7 Å². The summed E-state index contributed by atoms with van der Waals surface area (Å²) in [4.78, 5) is 14.7. The zero-order chi connectivity index (χ0) is 18.1. The second-order valence-corrected chi connectivity index (χ2v) is 8.32. The van der Waals surface area contributed by atoms with Crippen LogP contribution in [0.4, 0.5) is 5.69 Å². The van der Waals surface area contributed by atoms with Crippen LogP contribution in [-0.4, -0.2) is 32.3 Å². The van der Waals surface area contributed by atoms with Crippen LogP contribution in [0.5, 0.6) is 0 Å². The highest BCUT2D eigenvalue weighted by Gasteiger charge is 2.20. The Morgan fingerprint density at radius 3 is 2.69 bits per heavy atom. The minimum atomic E-state index is -1.24. The molecule has 5 nitrogen and oxygen atoms in total. The molecule has 1 fully saturated rings. The summed E-state index contributed by atoms with van der Waals surface area (Å²) < 4.78 is 12.9. The lowest BCUT2D eigenvalue weighted by atomic mass is 10.0. The Kier molecular flexibility index (Phi) is 4.76. The van der Waals surface area contributed by atoms with Crippen LogP contribution in [-0.2, 0) is 16.6 Å². The van der Waals surface area contributed by atoms with Crippen molar-refractivity contribution in [3.05, 3.63) is 47.3 Å². The quantitative estimate of drug-likeness (QED) is 0.759. The summed E-state index contributed by atoms with van der Waals surface area (Å²) in [6.45, 7) is 6.41. The maximum atomic E-state index is 12.9. The van der Waals surface area contributed by atoms with Crippen LogP contribution >= 0.6 is 0 Å². The molecule has 0 amide bonds. The molecule has 0 spiro atoms. The van der Waals surface area contributed by atoms with E-state index >= 15 is 0 Å². The predicted molar refractivity (Wildman–Crippen MR) is 106 cm³/mol. The molecule has 1 aromatic carbocycles. The van der Waals surface area contributed by atoms with E-state index in [1.165, 1.54) is 30.5 Å². The molecular weight excluding hydrogens is 344 g/mol. The van der Waals surface area contributed by atoms with Gasteiger partial charge in [-0.1, -0.05) is 12.1 Å². The number of aromatic nitrogens is 3. The van der Waals surface area contributed by atoms with Gasteiger partial charge in [-0.15, -0.1) is 0 Å². The van der Waals surface area contributed by atoms with Gasteiger partial charge in [0.15, 0.2) is 5.16 Å². The molecule has 1 atom stereocenters. The Morgan fingerprint density at radius 2 is 1.92 bits per heavy atom. The molecular formula is C20H24N4OS. The molecule has 2 aromatic heterocycles. The molecule has 136 valence electrons. The van der Waals surface area contributed by atoms with Gasteiger partial charge >= 0.3 is 0 Å². The van der Waals surface area contributed by atoms with E-state index in [-0.39, 0.29) is 0 Å². The molecule has 0 saturated carbocycles. The summed E-state index contributed by atoms with van der Waals surface area (Å²) in [5, 5.41) is 0.521. The predicted octanol–water partition coefficient (Wildman–Crippen LogP) is 3.87. The minimum Gasteiger partial charge on any atom is -0.371 e. The van der Waals surface area contributed by atoms with Gasteiger partial charge in [0.25, 0.3) is 0 Å². The average Bonchev–Trinajstić information content (AvgIpc) is 3.09. The van der Waals surface area contributed by atoms with Gasteiger partial charge in [0.1, 0.15) is 0 Å². The van der Waals surface area contributed by atoms with Gasteiger partial charge in [-0.25, -0.2) is 4.98 Å². The second-order valence-electron chi connectivity index (χ2n) is 6.96. The number of pyridine rings is 1. The van der Waals surface area contributed by atoms with Gasteiger partial charge in [-0.3, -0.25) is 9.19 Å². The van der Waals surface area contributed by atoms with Crippen molar-refractivity contribution in [2.45, 2.75) is 44.0 Å². The molecule has 0 radical (unpaired) electrons. The third kappa shape index (κ3) is 3.26. The number of anilines is 1. The molecule has 3 heterocycles. The van der Waals surface area contributed by atoms with E-state index in [1.54, 1.807) is 0 Å². The fourth-order valence-electron chi connectivity index (χ4n) is 3.74. The first-order chi connectivity index (χ1) is 12.6. The summed E-state index contributed by atoms with van der Waals surface area (Å²) in [7, 11) is -1.24. The van der Waals surface area contributed by atoms with E-state index in [1.807, 2.05) is 30.5 Å². The number of benzene rings is 1. The summed E-state index contributed by atoms with van der Waals surface area (Å²) in [6.07, 6.45) is 5.70. The number of aromatic amines is 1. The Balaban J connectivity index is 1.62. The standard InChI is InChI=1S/C20H24N4OS/c1-14-12-21-18(15(2)19(14)24-10-6-3-7-11-24)13-26(25)20-22-16-8-4-5-9-17(16)23-20/h4-5,8-9,12H,3,6-7,10-11,13H2,1-2H3,(H,22,23). The van der Waals surface area contributed by atoms with Crippen LogP contribution in [0.25, 0.3) is 11.0 Å². The van der Waals surface area contributed by atoms with Gasteiger partial charge in [0, 0.05) is 25.0 Å². The minimum absolute atomic E-state index is 0.382. The van der Waals surface area contributed by atoms with Crippen LogP contribution in [0.2, 0.25) is 0 Å². The molecule has 4 rings (SSSR count). The number of nitrogens with zero attached hydrogens (tertiary/aromatic N) is 3. The molecule has 1 saturated heterocycles. The van der Waals surface area contributed by atoms with Crippen LogP contribution in [0.3, 0.4) is 0 Å². The van der Waals surface area contributed by atoms with Crippen molar-refractivity contribution in [1.82, 2.24) is 15.0 Å². The number of fused-ring (bicyclic) bond motifs is 1. The lowest BCUT2D eigenvalue weighted by molar-refractivity contribution is 0.575. The first-order valence-corrected chi connectivity index (χ1v) is 10.5. The van der Waals surface area contributed by atoms with Crippen molar-refractivity contribution in [3.63, 3.8) is 0 Å². The first-order valence-electron chi connectivity index (χ1n) is 9.16. The Morgan fingerprint density at radius 1 is 1.15 bits per heavy atom. The number of imidazole rings is 1. The van der Waals surface area contributed by atoms with Gasteiger partial charge in [0.2, 0.25) is 0 Å². The largest absolute Gasteiger partial charge is 0.371 e. The maximum absolute atomic E-state index is 12.9. The van der Waals surface area contributed by atoms with Gasteiger partial charge in [-0.05, 0) is 56.4 Å². The summed E-state index contributed by atoms with van der Waals surface area (Å²) in [6, 6.07) is 7.76. The molecule has 1 N–H and O–H groups in total. The molecule has 6 heteroatoms. The zero-order valence-electron chi connectivity index (χ0n) is 15.3. The topological polar surface area (TPSA) is 61.9 Å². The van der Waals surface area contributed by atoms with E-state index in [4.69, 9.17) is 0 Å². The van der Waals surface area contributed by atoms with Crippen molar-refractivity contribution < 1.29 is 4.21 Å². The summed E-state index contributed by atoms with van der Waals surface area (Å²) in [5.41, 5.74) is 6.28. The van der Waals surface area contributed by atoms with Crippen LogP contribution in [0.1, 0.15) is 36.1 Å². The second kappa shape index (κ2) is 7.19. The van der Waals surface area contributed by atoms with Gasteiger partial charge in [0.05, 0.1) is 33.3 Å². The molecule has 1 unspecified atom stereocenters. The van der Waals surface area contributed by atoms with Crippen molar-refractivity contribution in [1.29, 1.82) is 0 Å². The van der Waals surface area contributed by atoms with Crippen LogP contribution in [0, 0.1) is 13.8 Å². The fourth-order valence-corrected chi connectivity index (χ4v) is 4.84. The highest BCUT2D eigenvalue weighted by Crippen LogP contribution is 2.29. The third-order valence-electron chi connectivity index (χ3n) is 5.10. The Hall–Kier alpha value is -2.21. The number of para-hydroxylation sites is 2. The van der Waals surface area contributed by atoms with E-state index in [9.17, 15) is 4.21 Å². The monoisotopic (exact) mass is 368 g/mol. The Labute approximate surface area is 156 Å². The van der Waals surface area contributed by atoms with E-state index in [0.29, 0.717) is 10.9 Å². The first kappa shape index (κ1) is 17.2. The highest BCUT2D eigenvalue weighted by atomic mass is 32.2. The Bertz CT molecular complexity index is 927. The number of hydrogen-bond donors (Lipinski definition) is 1. The molecule has 1 aliphatic rings. The van der Waals surface area contributed by atoms with Crippen molar-refractivity contribution in [2.24, 2.45) is 0 Å². The number of nitrogens with one attached hydrogen (secondary N) is 1. The SMILES string of the molecule is Cc1cnc(CS(=O)c2nc3ccccc3[nH]2)c(C)c1N1CCCCC1. The van der Waals surface area contributed by atoms with Gasteiger partial charge in [-0.2, -0.15) is 0 Å². The molecule has 26 heavy (non-hydrogen) atoms. The summed E-state index contributed by atoms with van der Waals surface area (Å²) in [5.74, 6) is 0.382. The summed E-state index contributed by atoms with van der Waals surface area (Å²) >= 11 is 0. The number of rotatable bonds is 4. The number of aryl methyl sites for hydroxylation is 1. The average molecular weight is 369 g/mol. The smallest absolute Gasteiger partial charge is 0.197 e. The zero-order valence-corrected chi connectivity index (χ0v) is 16.1. The van der Waals surface area contributed by atoms with Crippen LogP contribution in [0.15, 0.2) is 35.6 Å². The normalized spacial score (nSPS) is 16.2. The molecule has 3 aromatic rings. The fraction of sp³-hybridized carbons (Fsp3) is 0.400. The number of H-pyrrole nitrogens is 1. The lowest BCUT2D eigenvalue weighted by Gasteiger charge is -2.32. The van der Waals surface area contributed by atoms with Crippen LogP contribution < -0.4 is 4.90 Å². The molecule has 0 bridgehead atoms. The van der Waals surface area contributed by atoms with Crippen molar-refractivity contribution in [3.8, 4) is 0 Å². The maximum Gasteiger partial charge on any atom is 0.197 e. The number of piperidine rings is 1. The van der Waals surface area contributed by atoms with E-state index in [0.717, 1.165) is 35.4 Å². The lowest BCUT2D eigenvalue weighted by Crippen LogP contribution is -2.31. The highest BCUT2D eigenvalue weighted by molar-refractivity contribution is 7.84. The van der Waals surface area contributed by atoms with Crippen molar-refractivity contribution >= 4 is 27.5 Å².